The molecule has 2 unspecified atom stereocenters. The average Bonchev–Trinajstić information content (AvgIpc) is 3.06. The van der Waals surface area contributed by atoms with Crippen molar-refractivity contribution in [2.45, 2.75) is 38.3 Å². The summed E-state index contributed by atoms with van der Waals surface area (Å²) in [5.41, 5.74) is 3.67. The summed E-state index contributed by atoms with van der Waals surface area (Å²) in [6, 6.07) is 8.74. The molecule has 5 heteroatoms. The molecule has 21 heavy (non-hydrogen) atoms. The van der Waals surface area contributed by atoms with Crippen LogP contribution in [0.25, 0.3) is 0 Å². The van der Waals surface area contributed by atoms with Gasteiger partial charge in [0.15, 0.2) is 0 Å². The van der Waals surface area contributed by atoms with Crippen LogP contribution in [0.15, 0.2) is 30.5 Å². The van der Waals surface area contributed by atoms with E-state index in [0.717, 1.165) is 38.1 Å². The third kappa shape index (κ3) is 3.31. The first-order valence-electron chi connectivity index (χ1n) is 7.67. The van der Waals surface area contributed by atoms with Gasteiger partial charge in [-0.3, -0.25) is 0 Å². The lowest BCUT2D eigenvalue weighted by Crippen LogP contribution is -2.27. The Hall–Kier alpha value is -1.72. The van der Waals surface area contributed by atoms with Crippen molar-refractivity contribution in [2.75, 3.05) is 13.2 Å². The zero-order chi connectivity index (χ0) is 14.5. The standard InChI is InChI=1S/C16H22N4O/c1-2-8-17-14(15-11-18-20-19-15)10-16-13-6-4-3-5-12(13)7-9-21-16/h3-6,11,14,16-17H,2,7-10H2,1H3,(H,18,19,20). The molecule has 0 saturated carbocycles. The fourth-order valence-corrected chi connectivity index (χ4v) is 2.89. The molecule has 0 radical (unpaired) electrons. The molecular formula is C16H22N4O. The Labute approximate surface area is 125 Å². The molecule has 1 aromatic heterocycles. The highest BCUT2D eigenvalue weighted by molar-refractivity contribution is 5.31. The van der Waals surface area contributed by atoms with E-state index < -0.39 is 0 Å². The van der Waals surface area contributed by atoms with Crippen molar-refractivity contribution >= 4 is 0 Å². The third-order valence-electron chi connectivity index (χ3n) is 3.97. The number of fused-ring (bicyclic) bond motifs is 1. The second-order valence-corrected chi connectivity index (χ2v) is 5.45. The summed E-state index contributed by atoms with van der Waals surface area (Å²) in [5, 5.41) is 14.4. The zero-order valence-corrected chi connectivity index (χ0v) is 12.4. The van der Waals surface area contributed by atoms with Crippen LogP contribution in [0.1, 0.15) is 48.7 Å². The summed E-state index contributed by atoms with van der Waals surface area (Å²) in [6.45, 7) is 3.92. The van der Waals surface area contributed by atoms with Crippen molar-refractivity contribution in [3.8, 4) is 0 Å². The van der Waals surface area contributed by atoms with Crippen LogP contribution in [0.4, 0.5) is 0 Å². The number of hydrogen-bond acceptors (Lipinski definition) is 4. The van der Waals surface area contributed by atoms with E-state index in [9.17, 15) is 0 Å². The van der Waals surface area contributed by atoms with Gasteiger partial charge >= 0.3 is 0 Å². The van der Waals surface area contributed by atoms with E-state index in [1.54, 1.807) is 6.20 Å². The fourth-order valence-electron chi connectivity index (χ4n) is 2.89. The van der Waals surface area contributed by atoms with Gasteiger partial charge in [-0.15, -0.1) is 0 Å². The molecule has 2 atom stereocenters. The van der Waals surface area contributed by atoms with Crippen molar-refractivity contribution in [3.05, 3.63) is 47.3 Å². The number of rotatable bonds is 6. The number of benzene rings is 1. The van der Waals surface area contributed by atoms with Crippen molar-refractivity contribution in [1.82, 2.24) is 20.7 Å². The van der Waals surface area contributed by atoms with Gasteiger partial charge in [-0.25, -0.2) is 0 Å². The largest absolute Gasteiger partial charge is 0.373 e. The van der Waals surface area contributed by atoms with Crippen LogP contribution in [-0.2, 0) is 11.2 Å². The Balaban J connectivity index is 1.77. The predicted octanol–water partition coefficient (Wildman–Crippen LogP) is 2.55. The first-order valence-corrected chi connectivity index (χ1v) is 7.67. The molecule has 1 aliphatic heterocycles. The zero-order valence-electron chi connectivity index (χ0n) is 12.4. The molecule has 0 bridgehead atoms. The molecule has 1 aliphatic rings. The van der Waals surface area contributed by atoms with Gasteiger partial charge in [0, 0.05) is 0 Å². The van der Waals surface area contributed by atoms with E-state index in [2.05, 4.69) is 51.9 Å². The summed E-state index contributed by atoms with van der Waals surface area (Å²) in [5.74, 6) is 0. The van der Waals surface area contributed by atoms with E-state index >= 15 is 0 Å². The van der Waals surface area contributed by atoms with Gasteiger partial charge in [-0.05, 0) is 36.9 Å². The van der Waals surface area contributed by atoms with E-state index in [4.69, 9.17) is 4.74 Å². The van der Waals surface area contributed by atoms with Gasteiger partial charge in [0.1, 0.15) is 0 Å². The summed E-state index contributed by atoms with van der Waals surface area (Å²) in [6.07, 6.45) is 4.90. The maximum atomic E-state index is 6.01. The number of ether oxygens (including phenoxy) is 1. The first kappa shape index (κ1) is 14.2. The van der Waals surface area contributed by atoms with Gasteiger partial charge in [0.05, 0.1) is 30.6 Å². The molecule has 0 saturated heterocycles. The molecule has 0 aliphatic carbocycles. The van der Waals surface area contributed by atoms with Crippen LogP contribution in [0.2, 0.25) is 0 Å². The highest BCUT2D eigenvalue weighted by atomic mass is 16.5. The highest BCUT2D eigenvalue weighted by Gasteiger charge is 2.25. The highest BCUT2D eigenvalue weighted by Crippen LogP contribution is 2.33. The Morgan fingerprint density at radius 2 is 2.33 bits per heavy atom. The second kappa shape index (κ2) is 6.83. The van der Waals surface area contributed by atoms with Gasteiger partial charge in [-0.1, -0.05) is 31.2 Å². The molecule has 1 aromatic carbocycles. The van der Waals surface area contributed by atoms with E-state index in [0.29, 0.717) is 0 Å². The minimum absolute atomic E-state index is 0.126. The number of nitrogens with one attached hydrogen (secondary N) is 2. The van der Waals surface area contributed by atoms with Crippen molar-refractivity contribution in [3.63, 3.8) is 0 Å². The van der Waals surface area contributed by atoms with Gasteiger partial charge in [0.2, 0.25) is 0 Å². The summed E-state index contributed by atoms with van der Waals surface area (Å²) >= 11 is 0. The SMILES string of the molecule is CCCNC(CC1OCCc2ccccc21)c1cn[nH]n1. The minimum atomic E-state index is 0.126. The quantitative estimate of drug-likeness (QED) is 0.856. The van der Waals surface area contributed by atoms with Crippen molar-refractivity contribution < 1.29 is 4.74 Å². The third-order valence-corrected chi connectivity index (χ3v) is 3.97. The molecule has 5 nitrogen and oxygen atoms in total. The molecular weight excluding hydrogens is 264 g/mol. The summed E-state index contributed by atoms with van der Waals surface area (Å²) in [4.78, 5) is 0. The van der Waals surface area contributed by atoms with Gasteiger partial charge < -0.3 is 10.1 Å². The Morgan fingerprint density at radius 3 is 3.14 bits per heavy atom. The second-order valence-electron chi connectivity index (χ2n) is 5.45. The Morgan fingerprint density at radius 1 is 1.43 bits per heavy atom. The molecule has 2 aromatic rings. The van der Waals surface area contributed by atoms with Crippen LogP contribution in [-0.4, -0.2) is 28.6 Å². The Kier molecular flexibility index (Phi) is 4.62. The number of aromatic amines is 1. The van der Waals surface area contributed by atoms with Crippen LogP contribution in [0, 0.1) is 0 Å². The fraction of sp³-hybridized carbons (Fsp3) is 0.500. The Bertz CT molecular complexity index is 555. The normalized spacial score (nSPS) is 19.2. The summed E-state index contributed by atoms with van der Waals surface area (Å²) in [7, 11) is 0. The van der Waals surface area contributed by atoms with Gasteiger partial charge in [0.25, 0.3) is 0 Å². The molecule has 2 heterocycles. The number of H-pyrrole nitrogens is 1. The molecule has 0 amide bonds. The topological polar surface area (TPSA) is 62.8 Å². The average molecular weight is 286 g/mol. The number of hydrogen-bond donors (Lipinski definition) is 2. The van der Waals surface area contributed by atoms with Crippen LogP contribution < -0.4 is 5.32 Å². The lowest BCUT2D eigenvalue weighted by atomic mass is 9.93. The summed E-state index contributed by atoms with van der Waals surface area (Å²) < 4.78 is 6.01. The van der Waals surface area contributed by atoms with Crippen LogP contribution in [0.3, 0.4) is 0 Å². The molecule has 0 spiro atoms. The van der Waals surface area contributed by atoms with Crippen LogP contribution in [0.5, 0.6) is 0 Å². The first-order chi connectivity index (χ1) is 10.4. The lowest BCUT2D eigenvalue weighted by molar-refractivity contribution is 0.0290. The molecule has 0 fully saturated rings. The maximum absolute atomic E-state index is 6.01. The monoisotopic (exact) mass is 286 g/mol. The van der Waals surface area contributed by atoms with Gasteiger partial charge in [-0.2, -0.15) is 15.4 Å². The minimum Gasteiger partial charge on any atom is -0.373 e. The smallest absolute Gasteiger partial charge is 0.0994 e. The number of aromatic nitrogens is 3. The van der Waals surface area contributed by atoms with Crippen molar-refractivity contribution in [2.24, 2.45) is 0 Å². The van der Waals surface area contributed by atoms with Crippen molar-refractivity contribution in [1.29, 1.82) is 0 Å². The molecule has 2 N–H and O–H groups in total. The molecule has 3 rings (SSSR count). The molecule has 112 valence electrons. The predicted molar refractivity (Wildman–Crippen MR) is 80.9 cm³/mol. The van der Waals surface area contributed by atoms with Crippen LogP contribution >= 0.6 is 0 Å². The van der Waals surface area contributed by atoms with E-state index in [1.807, 2.05) is 0 Å². The lowest BCUT2D eigenvalue weighted by Gasteiger charge is -2.29. The number of nitrogens with zero attached hydrogens (tertiary/aromatic N) is 2. The van der Waals surface area contributed by atoms with E-state index in [-0.39, 0.29) is 12.1 Å². The maximum Gasteiger partial charge on any atom is 0.0994 e. The van der Waals surface area contributed by atoms with E-state index in [1.165, 1.54) is 11.1 Å².